The molecule has 0 spiro atoms. The van der Waals surface area contributed by atoms with Gasteiger partial charge in [0.25, 0.3) is 0 Å². The number of unbranched alkanes of at least 4 members (excludes halogenated alkanes) is 2. The van der Waals surface area contributed by atoms with Crippen molar-refractivity contribution in [1.82, 2.24) is 0 Å². The van der Waals surface area contributed by atoms with Crippen molar-refractivity contribution in [1.29, 1.82) is 0 Å². The molecule has 0 bridgehead atoms. The summed E-state index contributed by atoms with van der Waals surface area (Å²) in [4.78, 5) is 0. The van der Waals surface area contributed by atoms with E-state index in [0.29, 0.717) is 0 Å². The fourth-order valence-corrected chi connectivity index (χ4v) is 0.348. The van der Waals surface area contributed by atoms with E-state index in [9.17, 15) is 0 Å². The molecule has 0 radical (unpaired) electrons. The third-order valence-electron chi connectivity index (χ3n) is 0.762. The Balaban J connectivity index is -0.0000000493. The molecule has 0 saturated carbocycles. The third-order valence-corrected chi connectivity index (χ3v) is 0.762. The van der Waals surface area contributed by atoms with Gasteiger partial charge in [-0.15, -0.1) is 39.5 Å². The van der Waals surface area contributed by atoms with Gasteiger partial charge >= 0.3 is 0 Å². The summed E-state index contributed by atoms with van der Waals surface area (Å²) in [6, 6.07) is 0. The van der Waals surface area contributed by atoms with Gasteiger partial charge in [0.2, 0.25) is 0 Å². The van der Waals surface area contributed by atoms with Crippen molar-refractivity contribution in [2.45, 2.75) is 33.1 Å². The average molecular weight is 182 g/mol. The van der Waals surface area contributed by atoms with E-state index in [1.807, 2.05) is 13.0 Å². The first kappa shape index (κ1) is 22.7. The lowest BCUT2D eigenvalue weighted by Gasteiger charge is -1.81. The van der Waals surface area contributed by atoms with Crippen molar-refractivity contribution >= 4 is 0 Å². The van der Waals surface area contributed by atoms with Crippen LogP contribution < -0.4 is 0 Å². The Morgan fingerprint density at radius 1 is 1.00 bits per heavy atom. The zero-order valence-electron chi connectivity index (χ0n) is 9.52. The fraction of sp³-hybridized carbons (Fsp3) is 0.385. The maximum absolute atomic E-state index is 3.60. The van der Waals surface area contributed by atoms with E-state index in [1.54, 1.807) is 6.08 Å². The molecule has 0 atom stereocenters. The van der Waals surface area contributed by atoms with Crippen LogP contribution in [0.1, 0.15) is 33.1 Å². The van der Waals surface area contributed by atoms with Gasteiger partial charge in [-0.2, -0.15) is 0 Å². The molecule has 0 rings (SSSR count). The molecule has 0 unspecified atom stereocenters. The Hall–Kier alpha value is -1.04. The van der Waals surface area contributed by atoms with Crippen LogP contribution in [0, 0.1) is 0 Å². The second-order valence-electron chi connectivity index (χ2n) is 1.84. The number of allylic oxidation sites excluding steroid dienone is 2. The molecule has 0 heteroatoms. The maximum Gasteiger partial charge on any atom is -0.0354 e. The Labute approximate surface area is 85.4 Å². The van der Waals surface area contributed by atoms with Crippen LogP contribution in [-0.4, -0.2) is 0 Å². The van der Waals surface area contributed by atoms with E-state index in [2.05, 4.69) is 46.4 Å². The highest BCUT2D eigenvalue weighted by Crippen LogP contribution is 1.91. The zero-order valence-corrected chi connectivity index (χ0v) is 9.52. The van der Waals surface area contributed by atoms with Crippen molar-refractivity contribution in [3.63, 3.8) is 0 Å². The normalized spacial score (nSPS) is 5.38. The van der Waals surface area contributed by atoms with Crippen LogP contribution in [0.25, 0.3) is 0 Å². The molecule has 0 heterocycles. The second kappa shape index (κ2) is 69.3. The number of hydrogen-bond acceptors (Lipinski definition) is 0. The molecule has 0 aromatic carbocycles. The standard InChI is InChI=1S/C6H12.C3H6.2C2H4/c1-3-5-6-4-2;1-3-2;2*1-2/h3H,1,4-6H2,2H3;3H,1H2,2H3;2*1-2H2. The van der Waals surface area contributed by atoms with Crippen molar-refractivity contribution < 1.29 is 0 Å². The van der Waals surface area contributed by atoms with Crippen LogP contribution >= 0.6 is 0 Å². The molecule has 0 amide bonds. The summed E-state index contributed by atoms with van der Waals surface area (Å²) in [6.45, 7) is 23.0. The van der Waals surface area contributed by atoms with Gasteiger partial charge in [-0.1, -0.05) is 31.9 Å². The lowest BCUT2D eigenvalue weighted by Crippen LogP contribution is -1.61. The summed E-state index contributed by atoms with van der Waals surface area (Å²) in [5.74, 6) is 0. The first-order valence-electron chi connectivity index (χ1n) is 4.51. The molecule has 13 heavy (non-hydrogen) atoms. The van der Waals surface area contributed by atoms with Gasteiger partial charge in [0.15, 0.2) is 0 Å². The van der Waals surface area contributed by atoms with Crippen molar-refractivity contribution in [3.05, 3.63) is 51.6 Å². The summed E-state index contributed by atoms with van der Waals surface area (Å²) in [5.41, 5.74) is 0. The van der Waals surface area contributed by atoms with Gasteiger partial charge in [0.05, 0.1) is 0 Å². The SMILES string of the molecule is C=C.C=C.C=CC.C=CCCCC. The molecular formula is C13H26. The predicted molar refractivity (Wildman–Crippen MR) is 68.1 cm³/mol. The summed E-state index contributed by atoms with van der Waals surface area (Å²) in [6.07, 6.45) is 7.47. The van der Waals surface area contributed by atoms with Crippen LogP contribution in [0.2, 0.25) is 0 Å². The quantitative estimate of drug-likeness (QED) is 0.418. The topological polar surface area (TPSA) is 0 Å². The van der Waals surface area contributed by atoms with Gasteiger partial charge < -0.3 is 0 Å². The molecule has 0 aromatic heterocycles. The van der Waals surface area contributed by atoms with Gasteiger partial charge in [0.1, 0.15) is 0 Å². The number of rotatable bonds is 3. The first-order chi connectivity index (χ1) is 6.33. The van der Waals surface area contributed by atoms with Crippen LogP contribution in [0.15, 0.2) is 51.6 Å². The van der Waals surface area contributed by atoms with Crippen LogP contribution in [0.3, 0.4) is 0 Å². The molecule has 78 valence electrons. The van der Waals surface area contributed by atoms with E-state index in [1.165, 1.54) is 19.3 Å². The lowest BCUT2D eigenvalue weighted by molar-refractivity contribution is 0.816. The maximum atomic E-state index is 3.60. The predicted octanol–water partition coefficient (Wildman–Crippen LogP) is 5.16. The minimum atomic E-state index is 1.18. The minimum Gasteiger partial charge on any atom is -0.106 e. The number of hydrogen-bond donors (Lipinski definition) is 0. The summed E-state index contributed by atoms with van der Waals surface area (Å²) < 4.78 is 0. The summed E-state index contributed by atoms with van der Waals surface area (Å²) >= 11 is 0. The van der Waals surface area contributed by atoms with E-state index in [4.69, 9.17) is 0 Å². The largest absolute Gasteiger partial charge is 0.106 e. The van der Waals surface area contributed by atoms with E-state index < -0.39 is 0 Å². The molecule has 0 fully saturated rings. The molecule has 0 aromatic rings. The Morgan fingerprint density at radius 3 is 1.38 bits per heavy atom. The highest BCUT2D eigenvalue weighted by Gasteiger charge is 1.71. The van der Waals surface area contributed by atoms with E-state index >= 15 is 0 Å². The monoisotopic (exact) mass is 182 g/mol. The Morgan fingerprint density at radius 2 is 1.31 bits per heavy atom. The third kappa shape index (κ3) is 229. The molecule has 0 aliphatic rings. The highest BCUT2D eigenvalue weighted by molar-refractivity contribution is 4.64. The van der Waals surface area contributed by atoms with Gasteiger partial charge in [-0.25, -0.2) is 0 Å². The molecule has 0 aliphatic heterocycles. The van der Waals surface area contributed by atoms with E-state index in [-0.39, 0.29) is 0 Å². The molecule has 0 saturated heterocycles. The highest BCUT2D eigenvalue weighted by atomic mass is 13.8. The average Bonchev–Trinajstić information content (AvgIpc) is 2.22. The fourth-order valence-electron chi connectivity index (χ4n) is 0.348. The molecular weight excluding hydrogens is 156 g/mol. The van der Waals surface area contributed by atoms with E-state index in [0.717, 1.165) is 0 Å². The minimum absolute atomic E-state index is 1.18. The van der Waals surface area contributed by atoms with Gasteiger partial charge in [-0.05, 0) is 13.3 Å². The summed E-state index contributed by atoms with van der Waals surface area (Å²) in [5, 5.41) is 0. The van der Waals surface area contributed by atoms with Crippen molar-refractivity contribution in [2.75, 3.05) is 0 Å². The Kier molecular flexibility index (Phi) is 121. The zero-order chi connectivity index (χ0) is 11.5. The van der Waals surface area contributed by atoms with Crippen molar-refractivity contribution in [2.24, 2.45) is 0 Å². The van der Waals surface area contributed by atoms with Crippen LogP contribution in [-0.2, 0) is 0 Å². The lowest BCUT2D eigenvalue weighted by atomic mass is 10.3. The molecule has 0 aliphatic carbocycles. The van der Waals surface area contributed by atoms with Gasteiger partial charge in [-0.3, -0.25) is 0 Å². The molecule has 0 nitrogen and oxygen atoms in total. The van der Waals surface area contributed by atoms with Gasteiger partial charge in [0, 0.05) is 0 Å². The second-order valence-corrected chi connectivity index (χ2v) is 1.84. The first-order valence-corrected chi connectivity index (χ1v) is 4.51. The smallest absolute Gasteiger partial charge is 0.0354 e. The molecule has 0 N–H and O–H groups in total. The van der Waals surface area contributed by atoms with Crippen LogP contribution in [0.5, 0.6) is 0 Å². The van der Waals surface area contributed by atoms with Crippen molar-refractivity contribution in [3.8, 4) is 0 Å². The Bertz CT molecular complexity index is 70.1. The van der Waals surface area contributed by atoms with Crippen LogP contribution in [0.4, 0.5) is 0 Å². The summed E-state index contributed by atoms with van der Waals surface area (Å²) in [7, 11) is 0.